The van der Waals surface area contributed by atoms with Gasteiger partial charge in [0.05, 0.1) is 0 Å². The lowest BCUT2D eigenvalue weighted by Gasteiger charge is -2.38. The molecular weight excluding hydrogens is 254 g/mol. The molecule has 7 heteroatoms. The monoisotopic (exact) mass is 273 g/mol. The maximum atomic E-state index is 12.0. The van der Waals surface area contributed by atoms with Gasteiger partial charge in [0.1, 0.15) is 17.7 Å². The second kappa shape index (κ2) is 5.46. The number of hydrogen-bond acceptors (Lipinski definition) is 4. The maximum absolute atomic E-state index is 12.0. The van der Waals surface area contributed by atoms with Crippen LogP contribution in [0.2, 0.25) is 0 Å². The minimum absolute atomic E-state index is 0.234. The van der Waals surface area contributed by atoms with Gasteiger partial charge in [-0.3, -0.25) is 4.90 Å². The lowest BCUT2D eigenvalue weighted by Crippen LogP contribution is -2.57. The number of nitrogens with zero attached hydrogens (tertiary/aromatic N) is 1. The van der Waals surface area contributed by atoms with Gasteiger partial charge in [-0.05, 0) is 40.0 Å². The third-order valence-corrected chi connectivity index (χ3v) is 2.80. The van der Waals surface area contributed by atoms with Gasteiger partial charge in [-0.25, -0.2) is 14.4 Å². The van der Waals surface area contributed by atoms with Crippen LogP contribution in [0.25, 0.3) is 0 Å². The number of ether oxygens (including phenoxy) is 1. The summed E-state index contributed by atoms with van der Waals surface area (Å²) in [6.07, 6.45) is 0.0243. The first kappa shape index (κ1) is 15.3. The predicted octanol–water partition coefficient (Wildman–Crippen LogP) is 1.31. The molecule has 0 spiro atoms. The summed E-state index contributed by atoms with van der Waals surface area (Å²) in [7, 11) is 0. The summed E-state index contributed by atoms with van der Waals surface area (Å²) in [6, 6.07) is -2.30. The number of carbonyl (C=O) groups is 3. The van der Waals surface area contributed by atoms with Crippen molar-refractivity contribution in [2.45, 2.75) is 57.7 Å². The van der Waals surface area contributed by atoms with Crippen LogP contribution in [0.3, 0.4) is 0 Å². The number of carboxylic acids is 2. The van der Waals surface area contributed by atoms with Crippen molar-refractivity contribution in [2.75, 3.05) is 0 Å². The van der Waals surface area contributed by atoms with Crippen molar-refractivity contribution in [1.82, 2.24) is 4.90 Å². The molecule has 0 unspecified atom stereocenters. The van der Waals surface area contributed by atoms with Gasteiger partial charge in [0.25, 0.3) is 0 Å². The molecule has 0 saturated carbocycles. The molecule has 2 N–H and O–H groups in total. The van der Waals surface area contributed by atoms with Crippen LogP contribution < -0.4 is 0 Å². The number of hydrogen-bond donors (Lipinski definition) is 2. The van der Waals surface area contributed by atoms with Crippen molar-refractivity contribution in [3.63, 3.8) is 0 Å². The second-order valence-electron chi connectivity index (χ2n) is 5.53. The number of piperidine rings is 1. The highest BCUT2D eigenvalue weighted by atomic mass is 16.6. The lowest BCUT2D eigenvalue weighted by molar-refractivity contribution is -0.153. The molecule has 0 aromatic carbocycles. The quantitative estimate of drug-likeness (QED) is 0.786. The second-order valence-corrected chi connectivity index (χ2v) is 5.53. The van der Waals surface area contributed by atoms with Gasteiger partial charge >= 0.3 is 18.0 Å². The number of aliphatic carboxylic acids is 2. The summed E-state index contributed by atoms with van der Waals surface area (Å²) in [5, 5.41) is 18.2. The van der Waals surface area contributed by atoms with Gasteiger partial charge in [0.15, 0.2) is 0 Å². The van der Waals surface area contributed by atoms with Gasteiger partial charge in [-0.15, -0.1) is 0 Å². The molecule has 0 aromatic heterocycles. The van der Waals surface area contributed by atoms with E-state index in [1.807, 2.05) is 0 Å². The molecular formula is C12H19NO6. The number of amides is 1. The first-order valence-corrected chi connectivity index (χ1v) is 6.10. The van der Waals surface area contributed by atoms with Crippen LogP contribution in [0.15, 0.2) is 0 Å². The molecule has 0 aromatic rings. The van der Waals surface area contributed by atoms with Crippen molar-refractivity contribution in [2.24, 2.45) is 0 Å². The Morgan fingerprint density at radius 1 is 1.05 bits per heavy atom. The zero-order valence-electron chi connectivity index (χ0n) is 11.3. The molecule has 1 amide bonds. The normalized spacial score (nSPS) is 23.8. The van der Waals surface area contributed by atoms with E-state index in [1.54, 1.807) is 20.8 Å². The van der Waals surface area contributed by atoms with Gasteiger partial charge in [-0.1, -0.05) is 0 Å². The van der Waals surface area contributed by atoms with Crippen molar-refractivity contribution >= 4 is 18.0 Å². The maximum Gasteiger partial charge on any atom is 0.411 e. The fourth-order valence-corrected chi connectivity index (χ4v) is 2.05. The van der Waals surface area contributed by atoms with E-state index in [0.29, 0.717) is 6.42 Å². The molecule has 1 rings (SSSR count). The fraction of sp³-hybridized carbons (Fsp3) is 0.750. The van der Waals surface area contributed by atoms with Crippen LogP contribution >= 0.6 is 0 Å². The van der Waals surface area contributed by atoms with E-state index in [0.717, 1.165) is 4.90 Å². The molecule has 0 radical (unpaired) electrons. The lowest BCUT2D eigenvalue weighted by atomic mass is 9.96. The standard InChI is InChI=1S/C12H19NO6/c1-12(2,3)19-11(18)13-7(9(14)15)5-4-6-8(13)10(16)17/h7-8H,4-6H2,1-3H3,(H,14,15)(H,16,17)/t7-,8-/m0/s1. The Morgan fingerprint density at radius 2 is 1.47 bits per heavy atom. The SMILES string of the molecule is CC(C)(C)OC(=O)N1[C@H](C(=O)O)CCC[C@H]1C(=O)O. The third-order valence-electron chi connectivity index (χ3n) is 2.80. The number of likely N-dealkylation sites (tertiary alicyclic amines) is 1. The van der Waals surface area contributed by atoms with Gasteiger partial charge in [0.2, 0.25) is 0 Å². The number of carboxylic acid groups (broad SMARTS) is 2. The van der Waals surface area contributed by atoms with Crippen LogP contribution in [-0.2, 0) is 14.3 Å². The molecule has 1 saturated heterocycles. The van der Waals surface area contributed by atoms with Crippen molar-refractivity contribution < 1.29 is 29.3 Å². The summed E-state index contributed by atoms with van der Waals surface area (Å²) < 4.78 is 5.10. The Kier molecular flexibility index (Phi) is 4.39. The summed E-state index contributed by atoms with van der Waals surface area (Å²) in [5.41, 5.74) is -0.805. The minimum Gasteiger partial charge on any atom is -0.480 e. The summed E-state index contributed by atoms with van der Waals surface area (Å²) >= 11 is 0. The number of rotatable bonds is 2. The highest BCUT2D eigenvalue weighted by molar-refractivity contribution is 5.86. The largest absolute Gasteiger partial charge is 0.480 e. The smallest absolute Gasteiger partial charge is 0.411 e. The molecule has 19 heavy (non-hydrogen) atoms. The molecule has 1 aliphatic rings. The zero-order valence-corrected chi connectivity index (χ0v) is 11.3. The molecule has 0 aliphatic carbocycles. The predicted molar refractivity (Wildman–Crippen MR) is 64.8 cm³/mol. The van der Waals surface area contributed by atoms with Crippen LogP contribution in [0.5, 0.6) is 0 Å². The molecule has 0 bridgehead atoms. The minimum atomic E-state index is -1.21. The average Bonchev–Trinajstić information content (AvgIpc) is 2.25. The van der Waals surface area contributed by atoms with Crippen molar-refractivity contribution in [1.29, 1.82) is 0 Å². The van der Waals surface area contributed by atoms with Gasteiger partial charge in [0, 0.05) is 0 Å². The van der Waals surface area contributed by atoms with Crippen molar-refractivity contribution in [3.05, 3.63) is 0 Å². The molecule has 1 aliphatic heterocycles. The highest BCUT2D eigenvalue weighted by Crippen LogP contribution is 2.26. The van der Waals surface area contributed by atoms with E-state index < -0.39 is 35.7 Å². The Bertz CT molecular complexity index is 364. The van der Waals surface area contributed by atoms with Gasteiger partial charge in [-0.2, -0.15) is 0 Å². The Hall–Kier alpha value is -1.79. The Balaban J connectivity index is 3.00. The van der Waals surface area contributed by atoms with E-state index in [9.17, 15) is 14.4 Å². The molecule has 1 heterocycles. The third kappa shape index (κ3) is 3.84. The summed E-state index contributed by atoms with van der Waals surface area (Å²) in [6.45, 7) is 4.92. The van der Waals surface area contributed by atoms with Crippen molar-refractivity contribution in [3.8, 4) is 0 Å². The first-order chi connectivity index (χ1) is 8.63. The van der Waals surface area contributed by atoms with E-state index in [4.69, 9.17) is 14.9 Å². The van der Waals surface area contributed by atoms with Crippen LogP contribution in [-0.4, -0.2) is 50.8 Å². The fourth-order valence-electron chi connectivity index (χ4n) is 2.05. The highest BCUT2D eigenvalue weighted by Gasteiger charge is 2.43. The molecule has 2 atom stereocenters. The summed E-state index contributed by atoms with van der Waals surface area (Å²) in [5.74, 6) is -2.42. The van der Waals surface area contributed by atoms with Gasteiger partial charge < -0.3 is 14.9 Å². The first-order valence-electron chi connectivity index (χ1n) is 6.10. The van der Waals surface area contributed by atoms with Crippen LogP contribution in [0.1, 0.15) is 40.0 Å². The average molecular weight is 273 g/mol. The van der Waals surface area contributed by atoms with Crippen LogP contribution in [0.4, 0.5) is 4.79 Å². The molecule has 108 valence electrons. The van der Waals surface area contributed by atoms with E-state index in [1.165, 1.54) is 0 Å². The van der Waals surface area contributed by atoms with Crippen LogP contribution in [0, 0.1) is 0 Å². The van der Waals surface area contributed by atoms with E-state index >= 15 is 0 Å². The number of carbonyl (C=O) groups excluding carboxylic acids is 1. The van der Waals surface area contributed by atoms with E-state index in [2.05, 4.69) is 0 Å². The summed E-state index contributed by atoms with van der Waals surface area (Å²) in [4.78, 5) is 35.2. The Morgan fingerprint density at radius 3 is 1.79 bits per heavy atom. The molecule has 7 nitrogen and oxygen atoms in total. The topological polar surface area (TPSA) is 104 Å². The molecule has 1 fully saturated rings. The zero-order chi connectivity index (χ0) is 14.8. The Labute approximate surface area is 111 Å². The van der Waals surface area contributed by atoms with E-state index in [-0.39, 0.29) is 12.8 Å².